The standard InChI is InChI=1S/C38H48N4O7/c1-24(2)20-42(38(45)32-14-26(4)21-40(32)5)31-18-36(33(46-6)15-27(31)23-43)49-12-10-8-9-11-48-35-17-30-29(16-34(35)47-7)37(44)41-22-25(3)13-28(41)19-39-30/h15-19,21-23,28,32,38,45H,1,8-14,20H2,2-7H3. The number of unbranched alkanes of at least 4 members (excludes halogenated alkanes) is 2. The Morgan fingerprint density at radius 3 is 2.27 bits per heavy atom. The van der Waals surface area contributed by atoms with Crippen molar-refractivity contribution in [2.75, 3.05) is 45.9 Å². The third-order valence-corrected chi connectivity index (χ3v) is 9.02. The molecule has 3 heterocycles. The monoisotopic (exact) mass is 672 g/mol. The number of aliphatic hydroxyl groups excluding tert-OH is 1. The van der Waals surface area contributed by atoms with Crippen LogP contribution < -0.4 is 23.8 Å². The normalized spacial score (nSPS) is 18.6. The van der Waals surface area contributed by atoms with Crippen LogP contribution in [0.5, 0.6) is 23.0 Å². The van der Waals surface area contributed by atoms with Crippen molar-refractivity contribution in [1.82, 2.24) is 9.80 Å². The number of hydrogen-bond acceptors (Lipinski definition) is 10. The lowest BCUT2D eigenvalue weighted by Crippen LogP contribution is -2.49. The van der Waals surface area contributed by atoms with Crippen LogP contribution in [0.2, 0.25) is 0 Å². The van der Waals surface area contributed by atoms with Gasteiger partial charge < -0.3 is 38.8 Å². The maximum absolute atomic E-state index is 13.2. The zero-order valence-electron chi connectivity index (χ0n) is 29.4. The van der Waals surface area contributed by atoms with Gasteiger partial charge in [-0.05, 0) is 71.2 Å². The fraction of sp³-hybridized carbons (Fsp3) is 0.447. The summed E-state index contributed by atoms with van der Waals surface area (Å²) < 4.78 is 23.4. The molecule has 0 bridgehead atoms. The second kappa shape index (κ2) is 15.6. The minimum Gasteiger partial charge on any atom is -0.493 e. The molecule has 0 radical (unpaired) electrons. The lowest BCUT2D eigenvalue weighted by atomic mass is 10.1. The molecule has 49 heavy (non-hydrogen) atoms. The van der Waals surface area contributed by atoms with Crippen LogP contribution >= 0.6 is 0 Å². The van der Waals surface area contributed by atoms with Crippen molar-refractivity contribution in [1.29, 1.82) is 0 Å². The largest absolute Gasteiger partial charge is 0.493 e. The van der Waals surface area contributed by atoms with E-state index < -0.39 is 6.23 Å². The Morgan fingerprint density at radius 2 is 1.65 bits per heavy atom. The third-order valence-electron chi connectivity index (χ3n) is 9.02. The number of anilines is 1. The SMILES string of the molecule is C=C(C)CN(c1cc(OCCCCCOc2cc3c(cc2OC)C(=O)N2C=C(C)CC2C=N3)c(OC)cc1C=O)C(O)C1CC(C)=CN1C. The van der Waals surface area contributed by atoms with Crippen molar-refractivity contribution in [2.45, 2.75) is 71.2 Å². The number of carbonyl (C=O) groups is 2. The second-order valence-corrected chi connectivity index (χ2v) is 13.1. The maximum Gasteiger partial charge on any atom is 0.260 e. The number of hydrogen-bond donors (Lipinski definition) is 1. The van der Waals surface area contributed by atoms with Crippen molar-refractivity contribution < 1.29 is 33.6 Å². The van der Waals surface area contributed by atoms with E-state index in [2.05, 4.69) is 11.6 Å². The van der Waals surface area contributed by atoms with Crippen LogP contribution in [-0.4, -0.2) is 92.7 Å². The molecule has 2 aromatic rings. The molecule has 3 aliphatic rings. The van der Waals surface area contributed by atoms with Gasteiger partial charge in [-0.1, -0.05) is 23.3 Å². The Balaban J connectivity index is 1.19. The first-order valence-corrected chi connectivity index (χ1v) is 16.7. The van der Waals surface area contributed by atoms with Gasteiger partial charge in [0, 0.05) is 43.7 Å². The van der Waals surface area contributed by atoms with E-state index in [-0.39, 0.29) is 18.0 Å². The van der Waals surface area contributed by atoms with Gasteiger partial charge in [0.15, 0.2) is 29.3 Å². The molecule has 0 fully saturated rings. The summed E-state index contributed by atoms with van der Waals surface area (Å²) in [6, 6.07) is 6.65. The molecule has 3 unspecified atom stereocenters. The number of rotatable bonds is 16. The van der Waals surface area contributed by atoms with E-state index in [0.717, 1.165) is 43.1 Å². The molecule has 0 spiro atoms. The lowest BCUT2D eigenvalue weighted by molar-refractivity contribution is 0.0817. The molecular weight excluding hydrogens is 624 g/mol. The number of nitrogens with zero attached hydrogens (tertiary/aromatic N) is 4. The average Bonchev–Trinajstić information content (AvgIpc) is 3.60. The minimum absolute atomic E-state index is 0.0744. The predicted octanol–water partition coefficient (Wildman–Crippen LogP) is 6.29. The summed E-state index contributed by atoms with van der Waals surface area (Å²) in [4.78, 5) is 35.6. The summed E-state index contributed by atoms with van der Waals surface area (Å²) in [6.45, 7) is 11.2. The van der Waals surface area contributed by atoms with E-state index in [1.807, 2.05) is 56.2 Å². The van der Waals surface area contributed by atoms with Crippen LogP contribution in [0, 0.1) is 0 Å². The summed E-state index contributed by atoms with van der Waals surface area (Å²) in [5, 5.41) is 11.5. The van der Waals surface area contributed by atoms with Crippen molar-refractivity contribution in [3.63, 3.8) is 0 Å². The molecule has 1 N–H and O–H groups in total. The van der Waals surface area contributed by atoms with Gasteiger partial charge in [-0.3, -0.25) is 14.6 Å². The van der Waals surface area contributed by atoms with Crippen LogP contribution in [-0.2, 0) is 0 Å². The minimum atomic E-state index is -0.889. The average molecular weight is 673 g/mol. The van der Waals surface area contributed by atoms with Crippen molar-refractivity contribution in [3.05, 3.63) is 71.1 Å². The summed E-state index contributed by atoms with van der Waals surface area (Å²) in [7, 11) is 5.04. The summed E-state index contributed by atoms with van der Waals surface area (Å²) in [5.41, 5.74) is 5.17. The lowest BCUT2D eigenvalue weighted by Gasteiger charge is -2.37. The second-order valence-electron chi connectivity index (χ2n) is 13.1. The molecule has 2 aromatic carbocycles. The first kappa shape index (κ1) is 35.5. The highest BCUT2D eigenvalue weighted by atomic mass is 16.5. The first-order valence-electron chi connectivity index (χ1n) is 16.7. The third kappa shape index (κ3) is 7.94. The number of fused-ring (bicyclic) bond motifs is 2. The first-order chi connectivity index (χ1) is 23.5. The Kier molecular flexibility index (Phi) is 11.3. The van der Waals surface area contributed by atoms with Crippen molar-refractivity contribution >= 4 is 29.8 Å². The van der Waals surface area contributed by atoms with Gasteiger partial charge >= 0.3 is 0 Å². The molecule has 11 nitrogen and oxygen atoms in total. The van der Waals surface area contributed by atoms with E-state index in [4.69, 9.17) is 18.9 Å². The van der Waals surface area contributed by atoms with Crippen LogP contribution in [0.15, 0.2) is 65.0 Å². The number of aldehydes is 1. The van der Waals surface area contributed by atoms with Crippen LogP contribution in [0.1, 0.15) is 73.6 Å². The van der Waals surface area contributed by atoms with Crippen LogP contribution in [0.25, 0.3) is 0 Å². The number of aliphatic hydroxyl groups is 1. The van der Waals surface area contributed by atoms with Gasteiger partial charge in [-0.25, -0.2) is 0 Å². The highest BCUT2D eigenvalue weighted by Crippen LogP contribution is 2.39. The number of carbonyl (C=O) groups excluding carboxylic acids is 2. The smallest absolute Gasteiger partial charge is 0.260 e. The topological polar surface area (TPSA) is 113 Å². The van der Waals surface area contributed by atoms with Crippen molar-refractivity contribution in [3.8, 4) is 23.0 Å². The summed E-state index contributed by atoms with van der Waals surface area (Å²) in [5.74, 6) is 1.86. The van der Waals surface area contributed by atoms with Gasteiger partial charge in [-0.2, -0.15) is 0 Å². The molecule has 3 atom stereocenters. The highest BCUT2D eigenvalue weighted by molar-refractivity contribution is 6.04. The Labute approximate surface area is 289 Å². The molecule has 0 aromatic heterocycles. The molecule has 0 saturated heterocycles. The Morgan fingerprint density at radius 1 is 1.00 bits per heavy atom. The number of benzene rings is 2. The number of ether oxygens (including phenoxy) is 4. The molecule has 0 aliphatic carbocycles. The van der Waals surface area contributed by atoms with Crippen LogP contribution in [0.4, 0.5) is 11.4 Å². The van der Waals surface area contributed by atoms with Crippen LogP contribution in [0.3, 0.4) is 0 Å². The zero-order chi connectivity index (χ0) is 35.2. The van der Waals surface area contributed by atoms with Gasteiger partial charge in [0.05, 0.1) is 56.5 Å². The molecule has 0 saturated carbocycles. The number of methoxy groups -OCH3 is 2. The molecule has 3 aliphatic heterocycles. The fourth-order valence-electron chi connectivity index (χ4n) is 6.58. The molecule has 262 valence electrons. The maximum atomic E-state index is 13.2. The quantitative estimate of drug-likeness (QED) is 0.0952. The highest BCUT2D eigenvalue weighted by Gasteiger charge is 2.34. The zero-order valence-corrected chi connectivity index (χ0v) is 29.4. The molecular formula is C38H48N4O7. The Bertz CT molecular complexity index is 1670. The molecule has 1 amide bonds. The fourth-order valence-corrected chi connectivity index (χ4v) is 6.58. The van der Waals surface area contributed by atoms with E-state index >= 15 is 0 Å². The predicted molar refractivity (Wildman–Crippen MR) is 191 cm³/mol. The number of amides is 1. The number of likely N-dealkylation sites (N-methyl/N-ethyl adjacent to an activating group) is 1. The summed E-state index contributed by atoms with van der Waals surface area (Å²) in [6.07, 6.45) is 9.46. The van der Waals surface area contributed by atoms with E-state index in [1.165, 1.54) is 12.7 Å². The Hall–Kier alpha value is -4.77. The van der Waals surface area contributed by atoms with Crippen molar-refractivity contribution in [2.24, 2.45) is 4.99 Å². The van der Waals surface area contributed by atoms with Gasteiger partial charge in [0.25, 0.3) is 5.91 Å². The molecule has 5 rings (SSSR count). The van der Waals surface area contributed by atoms with Gasteiger partial charge in [0.1, 0.15) is 6.23 Å². The van der Waals surface area contributed by atoms with E-state index in [1.54, 1.807) is 36.3 Å². The van der Waals surface area contributed by atoms with E-state index in [9.17, 15) is 14.7 Å². The molecule has 11 heteroatoms. The van der Waals surface area contributed by atoms with Gasteiger partial charge in [0.2, 0.25) is 0 Å². The number of aliphatic imine (C=N–C) groups is 1. The van der Waals surface area contributed by atoms with Gasteiger partial charge in [-0.15, -0.1) is 0 Å². The van der Waals surface area contributed by atoms with E-state index in [0.29, 0.717) is 71.7 Å². The summed E-state index contributed by atoms with van der Waals surface area (Å²) >= 11 is 0.